The second kappa shape index (κ2) is 6.21. The van der Waals surface area contributed by atoms with Crippen LogP contribution in [0, 0.1) is 0 Å². The van der Waals surface area contributed by atoms with Gasteiger partial charge in [-0.3, -0.25) is 0 Å². The number of hydrogen-bond acceptors (Lipinski definition) is 0. The van der Waals surface area contributed by atoms with Crippen molar-refractivity contribution in [2.45, 2.75) is 0 Å². The number of aromatic nitrogens is 1. The molecule has 0 amide bonds. The van der Waals surface area contributed by atoms with Crippen LogP contribution >= 0.6 is 0 Å². The third kappa shape index (κ3) is 2.55. The zero-order chi connectivity index (χ0) is 16.4. The zero-order valence-electron chi connectivity index (χ0n) is 13.7. The molecule has 0 spiro atoms. The second-order valence-electron chi connectivity index (χ2n) is 5.95. The number of rotatable bonds is 3. The van der Waals surface area contributed by atoms with Crippen LogP contribution < -0.4 is 0 Å². The number of benzene rings is 3. The first-order chi connectivity index (χ1) is 11.8. The molecule has 4 aromatic rings. The molecule has 24 heavy (non-hydrogen) atoms. The van der Waals surface area contributed by atoms with Gasteiger partial charge in [-0.2, -0.15) is 0 Å². The molecule has 1 nitrogen and oxygen atoms in total. The standard InChI is InChI=1S/C23H19N/c1-24-22-15-9-8-14-20(22)21(17-16-18-10-4-2-5-11-18)23(24)19-12-6-3-7-13-19/h2-17H,1H3/b17-16+. The molecule has 1 aromatic heterocycles. The Hall–Kier alpha value is -3.06. The molecule has 0 saturated heterocycles. The van der Waals surface area contributed by atoms with E-state index in [9.17, 15) is 0 Å². The topological polar surface area (TPSA) is 4.93 Å². The highest BCUT2D eigenvalue weighted by molar-refractivity contribution is 5.99. The van der Waals surface area contributed by atoms with Gasteiger partial charge in [0.05, 0.1) is 5.69 Å². The fourth-order valence-corrected chi connectivity index (χ4v) is 3.28. The molecule has 0 N–H and O–H groups in total. The normalized spacial score (nSPS) is 11.4. The molecule has 1 heteroatoms. The lowest BCUT2D eigenvalue weighted by Crippen LogP contribution is -1.92. The molecule has 0 radical (unpaired) electrons. The van der Waals surface area contributed by atoms with E-state index >= 15 is 0 Å². The van der Waals surface area contributed by atoms with Gasteiger partial charge in [0.15, 0.2) is 0 Å². The molecule has 0 saturated carbocycles. The minimum atomic E-state index is 1.21. The Morgan fingerprint density at radius 1 is 0.667 bits per heavy atom. The lowest BCUT2D eigenvalue weighted by molar-refractivity contribution is 0.977. The van der Waals surface area contributed by atoms with Gasteiger partial charge in [-0.15, -0.1) is 0 Å². The van der Waals surface area contributed by atoms with Gasteiger partial charge in [-0.05, 0) is 17.2 Å². The molecule has 0 aliphatic heterocycles. The van der Waals surface area contributed by atoms with Crippen LogP contribution in [0.5, 0.6) is 0 Å². The van der Waals surface area contributed by atoms with Crippen LogP contribution in [0.3, 0.4) is 0 Å². The van der Waals surface area contributed by atoms with Crippen LogP contribution in [-0.4, -0.2) is 4.57 Å². The summed E-state index contributed by atoms with van der Waals surface area (Å²) in [7, 11) is 2.14. The fourth-order valence-electron chi connectivity index (χ4n) is 3.28. The summed E-state index contributed by atoms with van der Waals surface area (Å²) < 4.78 is 2.29. The van der Waals surface area contributed by atoms with E-state index in [1.54, 1.807) is 0 Å². The molecule has 0 unspecified atom stereocenters. The van der Waals surface area contributed by atoms with Crippen molar-refractivity contribution in [2.75, 3.05) is 0 Å². The summed E-state index contributed by atoms with van der Waals surface area (Å²) in [6, 6.07) is 29.6. The Morgan fingerprint density at radius 2 is 1.29 bits per heavy atom. The average molecular weight is 309 g/mol. The lowest BCUT2D eigenvalue weighted by Gasteiger charge is -2.06. The highest BCUT2D eigenvalue weighted by atomic mass is 14.9. The molecule has 1 heterocycles. The maximum absolute atomic E-state index is 2.29. The molecular formula is C23H19N. The van der Waals surface area contributed by atoms with Crippen molar-refractivity contribution in [2.24, 2.45) is 7.05 Å². The van der Waals surface area contributed by atoms with Gasteiger partial charge in [0.1, 0.15) is 0 Å². The first kappa shape index (κ1) is 14.5. The Labute approximate surface area is 142 Å². The summed E-state index contributed by atoms with van der Waals surface area (Å²) in [5, 5.41) is 1.28. The maximum Gasteiger partial charge on any atom is 0.0562 e. The van der Waals surface area contributed by atoms with Crippen LogP contribution in [0.4, 0.5) is 0 Å². The van der Waals surface area contributed by atoms with E-state index in [1.165, 1.54) is 33.3 Å². The van der Waals surface area contributed by atoms with Gasteiger partial charge in [0.2, 0.25) is 0 Å². The van der Waals surface area contributed by atoms with Crippen LogP contribution in [0.25, 0.3) is 34.3 Å². The summed E-state index contributed by atoms with van der Waals surface area (Å²) in [5.41, 5.74) is 6.23. The van der Waals surface area contributed by atoms with Crippen molar-refractivity contribution in [1.29, 1.82) is 0 Å². The summed E-state index contributed by atoms with van der Waals surface area (Å²) in [4.78, 5) is 0. The van der Waals surface area contributed by atoms with Crippen LogP contribution in [0.1, 0.15) is 11.1 Å². The third-order valence-electron chi connectivity index (χ3n) is 4.44. The Bertz CT molecular complexity index is 992. The van der Waals surface area contributed by atoms with Crippen LogP contribution in [-0.2, 0) is 7.05 Å². The predicted molar refractivity (Wildman–Crippen MR) is 104 cm³/mol. The SMILES string of the molecule is Cn1c(-c2ccccc2)c(/C=C/c2ccccc2)c2ccccc21. The monoisotopic (exact) mass is 309 g/mol. The number of hydrogen-bond donors (Lipinski definition) is 0. The molecule has 0 aliphatic carbocycles. The molecule has 116 valence electrons. The smallest absolute Gasteiger partial charge is 0.0562 e. The molecule has 4 rings (SSSR count). The number of nitrogens with zero attached hydrogens (tertiary/aromatic N) is 1. The lowest BCUT2D eigenvalue weighted by atomic mass is 10.0. The van der Waals surface area contributed by atoms with Crippen LogP contribution in [0.15, 0.2) is 84.9 Å². The van der Waals surface area contributed by atoms with E-state index in [1.807, 2.05) is 6.07 Å². The fraction of sp³-hybridized carbons (Fsp3) is 0.0435. The largest absolute Gasteiger partial charge is 0.343 e. The van der Waals surface area contributed by atoms with Gasteiger partial charge in [0, 0.05) is 23.5 Å². The number of aryl methyl sites for hydroxylation is 1. The van der Waals surface area contributed by atoms with E-state index in [0.29, 0.717) is 0 Å². The Balaban J connectivity index is 1.94. The highest BCUT2D eigenvalue weighted by Gasteiger charge is 2.14. The number of para-hydroxylation sites is 1. The molecular weight excluding hydrogens is 290 g/mol. The van der Waals surface area contributed by atoms with E-state index in [-0.39, 0.29) is 0 Å². The summed E-state index contributed by atoms with van der Waals surface area (Å²) in [5.74, 6) is 0. The van der Waals surface area contributed by atoms with Crippen molar-refractivity contribution in [3.63, 3.8) is 0 Å². The van der Waals surface area contributed by atoms with Crippen molar-refractivity contribution in [3.05, 3.63) is 96.1 Å². The minimum absolute atomic E-state index is 1.21. The Morgan fingerprint density at radius 3 is 2.04 bits per heavy atom. The summed E-state index contributed by atoms with van der Waals surface area (Å²) >= 11 is 0. The van der Waals surface area contributed by atoms with E-state index in [0.717, 1.165) is 0 Å². The van der Waals surface area contributed by atoms with Gasteiger partial charge in [-0.1, -0.05) is 91.0 Å². The highest BCUT2D eigenvalue weighted by Crippen LogP contribution is 2.34. The molecule has 0 fully saturated rings. The quantitative estimate of drug-likeness (QED) is 0.436. The molecule has 0 bridgehead atoms. The first-order valence-corrected chi connectivity index (χ1v) is 8.20. The van der Waals surface area contributed by atoms with Crippen molar-refractivity contribution >= 4 is 23.1 Å². The van der Waals surface area contributed by atoms with Crippen molar-refractivity contribution < 1.29 is 0 Å². The third-order valence-corrected chi connectivity index (χ3v) is 4.44. The van der Waals surface area contributed by atoms with E-state index in [4.69, 9.17) is 0 Å². The predicted octanol–water partition coefficient (Wildman–Crippen LogP) is 6.02. The minimum Gasteiger partial charge on any atom is -0.343 e. The summed E-state index contributed by atoms with van der Waals surface area (Å²) in [6.07, 6.45) is 4.42. The maximum atomic E-state index is 2.29. The zero-order valence-corrected chi connectivity index (χ0v) is 13.7. The molecule has 0 aliphatic rings. The molecule has 3 aromatic carbocycles. The first-order valence-electron chi connectivity index (χ1n) is 8.20. The number of fused-ring (bicyclic) bond motifs is 1. The van der Waals surface area contributed by atoms with Gasteiger partial charge in [0.25, 0.3) is 0 Å². The molecule has 0 atom stereocenters. The van der Waals surface area contributed by atoms with Gasteiger partial charge >= 0.3 is 0 Å². The van der Waals surface area contributed by atoms with Crippen LogP contribution in [0.2, 0.25) is 0 Å². The van der Waals surface area contributed by atoms with E-state index in [2.05, 4.69) is 103 Å². The van der Waals surface area contributed by atoms with E-state index < -0.39 is 0 Å². The Kier molecular flexibility index (Phi) is 3.76. The van der Waals surface area contributed by atoms with Crippen molar-refractivity contribution in [1.82, 2.24) is 4.57 Å². The summed E-state index contributed by atoms with van der Waals surface area (Å²) in [6.45, 7) is 0. The average Bonchev–Trinajstić information content (AvgIpc) is 2.94. The second-order valence-corrected chi connectivity index (χ2v) is 5.95. The van der Waals surface area contributed by atoms with Crippen molar-refractivity contribution in [3.8, 4) is 11.3 Å². The van der Waals surface area contributed by atoms with Gasteiger partial charge in [-0.25, -0.2) is 0 Å². The van der Waals surface area contributed by atoms with Gasteiger partial charge < -0.3 is 4.57 Å².